The predicted octanol–water partition coefficient (Wildman–Crippen LogP) is 4.59. The molecular weight excluding hydrogens is 436 g/mol. The van der Waals surface area contributed by atoms with Crippen LogP contribution in [-0.2, 0) is 22.6 Å². The first-order valence-electron chi connectivity index (χ1n) is 11.6. The minimum Gasteiger partial charge on any atom is -0.489 e. The van der Waals surface area contributed by atoms with Gasteiger partial charge in [-0.15, -0.1) is 0 Å². The summed E-state index contributed by atoms with van der Waals surface area (Å²) in [4.78, 5) is 25.8. The van der Waals surface area contributed by atoms with Crippen LogP contribution in [0.1, 0.15) is 28.2 Å². The number of carbonyl (C=O) groups is 2. The second-order valence-electron chi connectivity index (χ2n) is 8.70. The molecule has 0 heterocycles. The summed E-state index contributed by atoms with van der Waals surface area (Å²) in [5.74, 6) is -0.597. The smallest absolute Gasteiger partial charge is 0.240 e. The molecule has 4 aromatic carbocycles. The van der Waals surface area contributed by atoms with Gasteiger partial charge in [-0.25, -0.2) is 0 Å². The summed E-state index contributed by atoms with van der Waals surface area (Å²) in [5.41, 5.74) is 11.6. The van der Waals surface area contributed by atoms with E-state index >= 15 is 0 Å². The van der Waals surface area contributed by atoms with Gasteiger partial charge in [0.1, 0.15) is 18.4 Å². The van der Waals surface area contributed by atoms with Gasteiger partial charge in [0.05, 0.1) is 5.92 Å². The third-order valence-electron chi connectivity index (χ3n) is 6.34. The molecule has 0 saturated heterocycles. The molecule has 5 heteroatoms. The van der Waals surface area contributed by atoms with E-state index in [2.05, 4.69) is 5.32 Å². The molecule has 4 aromatic rings. The molecule has 0 fully saturated rings. The molecule has 3 N–H and O–H groups in total. The van der Waals surface area contributed by atoms with Crippen molar-refractivity contribution in [3.8, 4) is 16.9 Å². The Morgan fingerprint density at radius 3 is 2.03 bits per heavy atom. The van der Waals surface area contributed by atoms with Crippen molar-refractivity contribution in [2.45, 2.75) is 25.0 Å². The van der Waals surface area contributed by atoms with Crippen molar-refractivity contribution in [3.63, 3.8) is 0 Å². The highest BCUT2D eigenvalue weighted by Crippen LogP contribution is 2.44. The number of amides is 2. The third kappa shape index (κ3) is 4.80. The van der Waals surface area contributed by atoms with Gasteiger partial charge in [-0.1, -0.05) is 91.0 Å². The fraction of sp³-hybridized carbons (Fsp3) is 0.133. The van der Waals surface area contributed by atoms with Crippen LogP contribution in [0.25, 0.3) is 11.1 Å². The van der Waals surface area contributed by atoms with Crippen LogP contribution in [-0.4, -0.2) is 17.9 Å². The van der Waals surface area contributed by atoms with E-state index in [1.165, 1.54) is 0 Å². The SMILES string of the molecule is NC(=O)[C@H](Cc1cccc(OCc2ccccc2)c1)NC(=O)C1c2ccccc2-c2ccccc21. The van der Waals surface area contributed by atoms with Gasteiger partial charge in [-0.3, -0.25) is 9.59 Å². The summed E-state index contributed by atoms with van der Waals surface area (Å²) < 4.78 is 5.91. The molecule has 0 unspecified atom stereocenters. The number of fused-ring (bicyclic) bond motifs is 3. The Kier molecular flexibility index (Phi) is 6.31. The van der Waals surface area contributed by atoms with Gasteiger partial charge in [0.2, 0.25) is 11.8 Å². The van der Waals surface area contributed by atoms with Crippen molar-refractivity contribution in [2.75, 3.05) is 0 Å². The highest BCUT2D eigenvalue weighted by Gasteiger charge is 2.34. The van der Waals surface area contributed by atoms with Gasteiger partial charge >= 0.3 is 0 Å². The second kappa shape index (κ2) is 9.85. The highest BCUT2D eigenvalue weighted by molar-refractivity contribution is 5.98. The quantitative estimate of drug-likeness (QED) is 0.402. The van der Waals surface area contributed by atoms with Crippen LogP contribution in [0.2, 0.25) is 0 Å². The van der Waals surface area contributed by atoms with E-state index in [9.17, 15) is 9.59 Å². The number of rotatable bonds is 8. The van der Waals surface area contributed by atoms with Crippen molar-refractivity contribution < 1.29 is 14.3 Å². The van der Waals surface area contributed by atoms with Crippen LogP contribution in [0, 0.1) is 0 Å². The predicted molar refractivity (Wildman–Crippen MR) is 136 cm³/mol. The maximum absolute atomic E-state index is 13.5. The van der Waals surface area contributed by atoms with E-state index in [4.69, 9.17) is 10.5 Å². The number of primary amides is 1. The summed E-state index contributed by atoms with van der Waals surface area (Å²) >= 11 is 0. The zero-order valence-corrected chi connectivity index (χ0v) is 19.2. The Labute approximate surface area is 204 Å². The molecule has 2 amide bonds. The van der Waals surface area contributed by atoms with Gasteiger partial charge in [0.25, 0.3) is 0 Å². The van der Waals surface area contributed by atoms with E-state index in [0.29, 0.717) is 12.4 Å². The molecule has 1 aliphatic carbocycles. The Balaban J connectivity index is 1.32. The lowest BCUT2D eigenvalue weighted by atomic mass is 9.95. The second-order valence-corrected chi connectivity index (χ2v) is 8.70. The van der Waals surface area contributed by atoms with Crippen LogP contribution in [0.15, 0.2) is 103 Å². The fourth-order valence-electron chi connectivity index (χ4n) is 4.65. The van der Waals surface area contributed by atoms with Crippen molar-refractivity contribution in [1.82, 2.24) is 5.32 Å². The normalized spacial score (nSPS) is 12.9. The molecule has 1 aliphatic rings. The molecule has 0 radical (unpaired) electrons. The van der Waals surface area contributed by atoms with Gasteiger partial charge < -0.3 is 15.8 Å². The van der Waals surface area contributed by atoms with E-state index in [-0.39, 0.29) is 12.3 Å². The molecule has 1 atom stereocenters. The molecule has 5 rings (SSSR count). The lowest BCUT2D eigenvalue weighted by Crippen LogP contribution is -2.47. The fourth-order valence-corrected chi connectivity index (χ4v) is 4.65. The molecule has 0 aliphatic heterocycles. The Morgan fingerprint density at radius 2 is 1.37 bits per heavy atom. The van der Waals surface area contributed by atoms with Crippen molar-refractivity contribution in [1.29, 1.82) is 0 Å². The standard InChI is InChI=1S/C30H26N2O3/c31-29(33)27(18-21-11-8-12-22(17-21)35-19-20-9-2-1-3-10-20)32-30(34)28-25-15-6-4-13-23(25)24-14-5-7-16-26(24)28/h1-17,27-28H,18-19H2,(H2,31,33)(H,32,34)/t27-/m0/s1. The molecule has 0 spiro atoms. The number of nitrogens with one attached hydrogen (secondary N) is 1. The summed E-state index contributed by atoms with van der Waals surface area (Å²) in [7, 11) is 0. The van der Waals surface area contributed by atoms with E-state index in [1.54, 1.807) is 0 Å². The van der Waals surface area contributed by atoms with Crippen LogP contribution in [0.5, 0.6) is 5.75 Å². The Bertz CT molecular complexity index is 1320. The molecule has 0 bridgehead atoms. The molecule has 174 valence electrons. The zero-order chi connectivity index (χ0) is 24.2. The Morgan fingerprint density at radius 1 is 0.771 bits per heavy atom. The maximum Gasteiger partial charge on any atom is 0.240 e. The van der Waals surface area contributed by atoms with Crippen LogP contribution < -0.4 is 15.8 Å². The minimum absolute atomic E-state index is 0.234. The number of nitrogens with two attached hydrogens (primary N) is 1. The van der Waals surface area contributed by atoms with Crippen molar-refractivity contribution in [2.24, 2.45) is 5.73 Å². The highest BCUT2D eigenvalue weighted by atomic mass is 16.5. The van der Waals surface area contributed by atoms with Crippen molar-refractivity contribution >= 4 is 11.8 Å². The van der Waals surface area contributed by atoms with E-state index in [1.807, 2.05) is 103 Å². The minimum atomic E-state index is -0.841. The monoisotopic (exact) mass is 462 g/mol. The van der Waals surface area contributed by atoms with E-state index < -0.39 is 17.9 Å². The third-order valence-corrected chi connectivity index (χ3v) is 6.34. The van der Waals surface area contributed by atoms with E-state index in [0.717, 1.165) is 33.4 Å². The number of carbonyl (C=O) groups excluding carboxylic acids is 2. The maximum atomic E-state index is 13.5. The van der Waals surface area contributed by atoms with Crippen LogP contribution in [0.3, 0.4) is 0 Å². The largest absolute Gasteiger partial charge is 0.489 e. The zero-order valence-electron chi connectivity index (χ0n) is 19.2. The average molecular weight is 463 g/mol. The van der Waals surface area contributed by atoms with Gasteiger partial charge in [-0.2, -0.15) is 0 Å². The first kappa shape index (κ1) is 22.4. The van der Waals surface area contributed by atoms with Crippen LogP contribution >= 0.6 is 0 Å². The molecule has 5 nitrogen and oxygen atoms in total. The van der Waals surface area contributed by atoms with Crippen molar-refractivity contribution in [3.05, 3.63) is 125 Å². The number of hydrogen-bond acceptors (Lipinski definition) is 3. The summed E-state index contributed by atoms with van der Waals surface area (Å²) in [6.07, 6.45) is 0.277. The molecule has 0 saturated carbocycles. The lowest BCUT2D eigenvalue weighted by Gasteiger charge is -2.20. The van der Waals surface area contributed by atoms with Crippen LogP contribution in [0.4, 0.5) is 0 Å². The summed E-state index contributed by atoms with van der Waals surface area (Å²) in [6, 6.07) is 32.4. The van der Waals surface area contributed by atoms with Gasteiger partial charge in [0.15, 0.2) is 0 Å². The molecular formula is C30H26N2O3. The molecule has 35 heavy (non-hydrogen) atoms. The molecule has 0 aromatic heterocycles. The number of benzene rings is 4. The summed E-state index contributed by atoms with van der Waals surface area (Å²) in [6.45, 7) is 0.445. The van der Waals surface area contributed by atoms with Gasteiger partial charge in [0, 0.05) is 6.42 Å². The first-order valence-corrected chi connectivity index (χ1v) is 11.6. The Hall–Kier alpha value is -4.38. The number of hydrogen-bond donors (Lipinski definition) is 2. The first-order chi connectivity index (χ1) is 17.1. The average Bonchev–Trinajstić information content (AvgIpc) is 3.22. The summed E-state index contributed by atoms with van der Waals surface area (Å²) in [5, 5.41) is 2.91. The topological polar surface area (TPSA) is 81.4 Å². The number of ether oxygens (including phenoxy) is 1. The lowest BCUT2D eigenvalue weighted by molar-refractivity contribution is -0.127. The van der Waals surface area contributed by atoms with Gasteiger partial charge in [-0.05, 0) is 45.5 Å².